The highest BCUT2D eigenvalue weighted by molar-refractivity contribution is 6.30. The molecule has 0 unspecified atom stereocenters. The summed E-state index contributed by atoms with van der Waals surface area (Å²) in [6.07, 6.45) is 4.21. The van der Waals surface area contributed by atoms with Crippen LogP contribution in [-0.2, 0) is 9.59 Å². The van der Waals surface area contributed by atoms with E-state index in [0.717, 1.165) is 0 Å². The molecule has 0 radical (unpaired) electrons. The summed E-state index contributed by atoms with van der Waals surface area (Å²) >= 11 is 5.73. The van der Waals surface area contributed by atoms with E-state index in [-0.39, 0.29) is 6.61 Å². The van der Waals surface area contributed by atoms with Crippen LogP contribution in [0.1, 0.15) is 5.76 Å². The number of furan rings is 1. The Labute approximate surface area is 131 Å². The molecule has 6 nitrogen and oxygen atoms in total. The molecule has 7 heteroatoms. The molecule has 1 heterocycles. The summed E-state index contributed by atoms with van der Waals surface area (Å²) in [7, 11) is 0. The van der Waals surface area contributed by atoms with Crippen molar-refractivity contribution in [2.75, 3.05) is 6.61 Å². The first kappa shape index (κ1) is 15.7. The maximum absolute atomic E-state index is 11.5. The average Bonchev–Trinajstić information content (AvgIpc) is 3.04. The molecule has 0 saturated heterocycles. The molecule has 0 aliphatic heterocycles. The van der Waals surface area contributed by atoms with Crippen LogP contribution >= 0.6 is 11.6 Å². The molecule has 2 amide bonds. The smallest absolute Gasteiger partial charge is 0.276 e. The van der Waals surface area contributed by atoms with Crippen molar-refractivity contribution in [2.24, 2.45) is 0 Å². The van der Waals surface area contributed by atoms with Gasteiger partial charge in [-0.25, -0.2) is 0 Å². The third kappa shape index (κ3) is 5.34. The second-order valence-corrected chi connectivity index (χ2v) is 4.57. The van der Waals surface area contributed by atoms with Crippen LogP contribution in [0.25, 0.3) is 6.08 Å². The first-order valence-electron chi connectivity index (χ1n) is 6.32. The van der Waals surface area contributed by atoms with E-state index in [1.165, 1.54) is 18.4 Å². The minimum atomic E-state index is -0.491. The fraction of sp³-hybridized carbons (Fsp3) is 0.0667. The van der Waals surface area contributed by atoms with Crippen molar-refractivity contribution in [3.63, 3.8) is 0 Å². The molecule has 22 heavy (non-hydrogen) atoms. The molecule has 0 atom stereocenters. The highest BCUT2D eigenvalue weighted by atomic mass is 35.5. The second kappa shape index (κ2) is 7.90. The summed E-state index contributed by atoms with van der Waals surface area (Å²) in [5.41, 5.74) is 4.44. The largest absolute Gasteiger partial charge is 0.484 e. The molecule has 0 aliphatic carbocycles. The van der Waals surface area contributed by atoms with Crippen LogP contribution in [0.4, 0.5) is 0 Å². The van der Waals surface area contributed by atoms with Crippen LogP contribution in [0.2, 0.25) is 5.02 Å². The predicted molar refractivity (Wildman–Crippen MR) is 81.0 cm³/mol. The van der Waals surface area contributed by atoms with Gasteiger partial charge in [-0.2, -0.15) is 0 Å². The second-order valence-electron chi connectivity index (χ2n) is 4.13. The highest BCUT2D eigenvalue weighted by Crippen LogP contribution is 2.15. The van der Waals surface area contributed by atoms with Crippen molar-refractivity contribution in [3.05, 3.63) is 59.5 Å². The van der Waals surface area contributed by atoms with Gasteiger partial charge >= 0.3 is 0 Å². The van der Waals surface area contributed by atoms with Crippen molar-refractivity contribution < 1.29 is 18.7 Å². The Kier molecular flexibility index (Phi) is 5.62. The Morgan fingerprint density at radius 1 is 1.18 bits per heavy atom. The van der Waals surface area contributed by atoms with E-state index in [9.17, 15) is 9.59 Å². The lowest BCUT2D eigenvalue weighted by Gasteiger charge is -2.07. The molecule has 1 aromatic heterocycles. The number of hydrogen-bond donors (Lipinski definition) is 2. The molecule has 114 valence electrons. The average molecular weight is 321 g/mol. The summed E-state index contributed by atoms with van der Waals surface area (Å²) in [6, 6.07) is 9.97. The third-order valence-corrected chi connectivity index (χ3v) is 2.70. The monoisotopic (exact) mass is 320 g/mol. The number of halogens is 1. The molecule has 2 aromatic rings. The van der Waals surface area contributed by atoms with Crippen LogP contribution in [0.3, 0.4) is 0 Å². The van der Waals surface area contributed by atoms with E-state index < -0.39 is 11.8 Å². The van der Waals surface area contributed by atoms with Gasteiger partial charge in [-0.1, -0.05) is 11.6 Å². The van der Waals surface area contributed by atoms with Gasteiger partial charge in [-0.15, -0.1) is 0 Å². The van der Waals surface area contributed by atoms with Gasteiger partial charge in [0.05, 0.1) is 6.26 Å². The number of amides is 2. The number of carbonyl (C=O) groups excluding carboxylic acids is 2. The molecular formula is C15H13ClN2O4. The van der Waals surface area contributed by atoms with E-state index in [2.05, 4.69) is 10.9 Å². The van der Waals surface area contributed by atoms with E-state index in [1.54, 1.807) is 36.4 Å². The zero-order chi connectivity index (χ0) is 15.8. The number of hydrogen-bond acceptors (Lipinski definition) is 4. The van der Waals surface area contributed by atoms with Gasteiger partial charge in [-0.05, 0) is 42.5 Å². The lowest BCUT2D eigenvalue weighted by Crippen LogP contribution is -2.43. The van der Waals surface area contributed by atoms with Crippen molar-refractivity contribution in [1.29, 1.82) is 0 Å². The van der Waals surface area contributed by atoms with E-state index in [4.69, 9.17) is 20.8 Å². The van der Waals surface area contributed by atoms with Crippen LogP contribution < -0.4 is 15.6 Å². The Bertz CT molecular complexity index is 651. The Morgan fingerprint density at radius 2 is 1.95 bits per heavy atom. The summed E-state index contributed by atoms with van der Waals surface area (Å²) < 4.78 is 10.2. The van der Waals surface area contributed by atoms with Crippen molar-refractivity contribution in [1.82, 2.24) is 10.9 Å². The lowest BCUT2D eigenvalue weighted by atomic mass is 10.3. The maximum atomic E-state index is 11.5. The number of carbonyl (C=O) groups is 2. The molecular weight excluding hydrogens is 308 g/mol. The van der Waals surface area contributed by atoms with Crippen molar-refractivity contribution >= 4 is 29.5 Å². The standard InChI is InChI=1S/C15H13ClN2O4/c16-11-3-5-13(6-4-11)22-10-15(20)18-17-14(19)8-7-12-2-1-9-21-12/h1-9H,10H2,(H,17,19)(H,18,20)/b8-7+. The quantitative estimate of drug-likeness (QED) is 0.653. The summed E-state index contributed by atoms with van der Waals surface area (Å²) in [6.45, 7) is -0.232. The predicted octanol–water partition coefficient (Wildman–Crippen LogP) is 2.17. The number of benzene rings is 1. The van der Waals surface area contributed by atoms with Crippen LogP contribution in [-0.4, -0.2) is 18.4 Å². The minimum absolute atomic E-state index is 0.232. The molecule has 0 fully saturated rings. The molecule has 0 aliphatic rings. The summed E-state index contributed by atoms with van der Waals surface area (Å²) in [4.78, 5) is 22.9. The maximum Gasteiger partial charge on any atom is 0.276 e. The Hall–Kier alpha value is -2.73. The first-order chi connectivity index (χ1) is 10.6. The molecule has 0 saturated carbocycles. The summed E-state index contributed by atoms with van der Waals surface area (Å²) in [5.74, 6) is 0.0575. The SMILES string of the molecule is O=C(/C=C/c1ccco1)NNC(=O)COc1ccc(Cl)cc1. The van der Waals surface area contributed by atoms with Gasteiger partial charge in [0, 0.05) is 11.1 Å². The van der Waals surface area contributed by atoms with Crippen LogP contribution in [0, 0.1) is 0 Å². The third-order valence-electron chi connectivity index (χ3n) is 2.45. The molecule has 0 spiro atoms. The zero-order valence-electron chi connectivity index (χ0n) is 11.4. The molecule has 1 aromatic carbocycles. The van der Waals surface area contributed by atoms with Crippen LogP contribution in [0.15, 0.2) is 53.2 Å². The highest BCUT2D eigenvalue weighted by Gasteiger charge is 2.04. The van der Waals surface area contributed by atoms with Gasteiger partial charge in [0.25, 0.3) is 11.8 Å². The van der Waals surface area contributed by atoms with Crippen molar-refractivity contribution in [3.8, 4) is 5.75 Å². The number of rotatable bonds is 5. The zero-order valence-corrected chi connectivity index (χ0v) is 12.2. The Morgan fingerprint density at radius 3 is 2.64 bits per heavy atom. The van der Waals surface area contributed by atoms with Crippen molar-refractivity contribution in [2.45, 2.75) is 0 Å². The lowest BCUT2D eigenvalue weighted by molar-refractivity contribution is -0.128. The number of nitrogens with one attached hydrogen (secondary N) is 2. The van der Waals surface area contributed by atoms with E-state index in [0.29, 0.717) is 16.5 Å². The molecule has 2 rings (SSSR count). The molecule has 0 bridgehead atoms. The first-order valence-corrected chi connectivity index (χ1v) is 6.70. The minimum Gasteiger partial charge on any atom is -0.484 e. The van der Waals surface area contributed by atoms with Gasteiger partial charge in [0.2, 0.25) is 0 Å². The number of ether oxygens (including phenoxy) is 1. The normalized spacial score (nSPS) is 10.4. The fourth-order valence-electron chi connectivity index (χ4n) is 1.43. The van der Waals surface area contributed by atoms with Gasteiger partial charge in [0.1, 0.15) is 11.5 Å². The fourth-order valence-corrected chi connectivity index (χ4v) is 1.56. The summed E-state index contributed by atoms with van der Waals surface area (Å²) in [5, 5.41) is 0.576. The van der Waals surface area contributed by atoms with Gasteiger partial charge in [-0.3, -0.25) is 20.4 Å². The van der Waals surface area contributed by atoms with E-state index in [1.807, 2.05) is 0 Å². The van der Waals surface area contributed by atoms with Crippen LogP contribution in [0.5, 0.6) is 5.75 Å². The number of hydrazine groups is 1. The van der Waals surface area contributed by atoms with Gasteiger partial charge in [0.15, 0.2) is 6.61 Å². The van der Waals surface area contributed by atoms with Gasteiger partial charge < -0.3 is 9.15 Å². The Balaban J connectivity index is 1.68. The van der Waals surface area contributed by atoms with E-state index >= 15 is 0 Å². The molecule has 2 N–H and O–H groups in total. The topological polar surface area (TPSA) is 80.6 Å².